The normalized spacial score (nSPS) is 18.3. The standard InChI is InChI=1S/C15H23N/c16-12-11-13-7-9-15(10-8-13)14-5-3-1-2-4-6-14/h7-10,14H,1-6,11-12,16H2. The van der Waals surface area contributed by atoms with Gasteiger partial charge >= 0.3 is 0 Å². The van der Waals surface area contributed by atoms with E-state index in [2.05, 4.69) is 24.3 Å². The number of benzene rings is 1. The molecule has 16 heavy (non-hydrogen) atoms. The first-order valence-corrected chi connectivity index (χ1v) is 6.69. The summed E-state index contributed by atoms with van der Waals surface area (Å²) in [5, 5.41) is 0. The third-order valence-electron chi connectivity index (χ3n) is 3.74. The molecule has 1 heteroatoms. The number of hydrogen-bond acceptors (Lipinski definition) is 1. The second kappa shape index (κ2) is 6.05. The molecule has 1 nitrogen and oxygen atoms in total. The Bertz CT molecular complexity index is 294. The smallest absolute Gasteiger partial charge is 0.00367 e. The van der Waals surface area contributed by atoms with Crippen molar-refractivity contribution in [3.05, 3.63) is 35.4 Å². The van der Waals surface area contributed by atoms with E-state index in [1.807, 2.05) is 0 Å². The van der Waals surface area contributed by atoms with Gasteiger partial charge in [-0.05, 0) is 42.9 Å². The highest BCUT2D eigenvalue weighted by atomic mass is 14.5. The highest BCUT2D eigenvalue weighted by Gasteiger charge is 2.13. The zero-order chi connectivity index (χ0) is 11.2. The van der Waals surface area contributed by atoms with Gasteiger partial charge in [0.15, 0.2) is 0 Å². The average Bonchev–Trinajstić information content (AvgIpc) is 2.59. The van der Waals surface area contributed by atoms with Crippen molar-refractivity contribution in [2.45, 2.75) is 50.9 Å². The summed E-state index contributed by atoms with van der Waals surface area (Å²) in [5.74, 6) is 0.814. The topological polar surface area (TPSA) is 26.0 Å². The van der Waals surface area contributed by atoms with Crippen molar-refractivity contribution in [1.82, 2.24) is 0 Å². The SMILES string of the molecule is NCCc1ccc(C2CCCCCC2)cc1. The van der Waals surface area contributed by atoms with E-state index in [0.29, 0.717) is 0 Å². The lowest BCUT2D eigenvalue weighted by Gasteiger charge is -2.14. The molecule has 0 aromatic heterocycles. The Balaban J connectivity index is 2.01. The summed E-state index contributed by atoms with van der Waals surface area (Å²) in [5.41, 5.74) is 8.48. The molecule has 1 aliphatic rings. The monoisotopic (exact) mass is 217 g/mol. The van der Waals surface area contributed by atoms with Crippen LogP contribution >= 0.6 is 0 Å². The molecule has 1 fully saturated rings. The van der Waals surface area contributed by atoms with Crippen LogP contribution in [0.4, 0.5) is 0 Å². The van der Waals surface area contributed by atoms with Gasteiger partial charge in [-0.3, -0.25) is 0 Å². The summed E-state index contributed by atoms with van der Waals surface area (Å²) in [7, 11) is 0. The second-order valence-corrected chi connectivity index (χ2v) is 4.97. The highest BCUT2D eigenvalue weighted by Crippen LogP contribution is 2.31. The van der Waals surface area contributed by atoms with Crippen LogP contribution in [0.15, 0.2) is 24.3 Å². The third kappa shape index (κ3) is 3.08. The van der Waals surface area contributed by atoms with Gasteiger partial charge < -0.3 is 5.73 Å². The Labute approximate surface area is 99.0 Å². The lowest BCUT2D eigenvalue weighted by Crippen LogP contribution is -2.03. The summed E-state index contributed by atoms with van der Waals surface area (Å²) in [6, 6.07) is 9.15. The van der Waals surface area contributed by atoms with Crippen molar-refractivity contribution in [2.24, 2.45) is 5.73 Å². The maximum Gasteiger partial charge on any atom is -0.00367 e. The van der Waals surface area contributed by atoms with Gasteiger partial charge in [-0.25, -0.2) is 0 Å². The van der Waals surface area contributed by atoms with Crippen LogP contribution in [-0.2, 0) is 6.42 Å². The Hall–Kier alpha value is -0.820. The van der Waals surface area contributed by atoms with Gasteiger partial charge in [0, 0.05) is 0 Å². The number of nitrogens with two attached hydrogens (primary N) is 1. The molecule has 0 spiro atoms. The van der Waals surface area contributed by atoms with E-state index >= 15 is 0 Å². The minimum Gasteiger partial charge on any atom is -0.330 e. The third-order valence-corrected chi connectivity index (χ3v) is 3.74. The van der Waals surface area contributed by atoms with Crippen molar-refractivity contribution in [1.29, 1.82) is 0 Å². The van der Waals surface area contributed by atoms with E-state index in [9.17, 15) is 0 Å². The fourth-order valence-electron chi connectivity index (χ4n) is 2.74. The van der Waals surface area contributed by atoms with Gasteiger partial charge in [-0.15, -0.1) is 0 Å². The Morgan fingerprint density at radius 2 is 1.56 bits per heavy atom. The van der Waals surface area contributed by atoms with E-state index in [1.165, 1.54) is 44.1 Å². The molecule has 1 aromatic rings. The number of rotatable bonds is 3. The molecule has 1 aromatic carbocycles. The van der Waals surface area contributed by atoms with Crippen LogP contribution in [0.5, 0.6) is 0 Å². The first kappa shape index (κ1) is 11.7. The van der Waals surface area contributed by atoms with Crippen LogP contribution in [0.2, 0.25) is 0 Å². The molecule has 0 heterocycles. The van der Waals surface area contributed by atoms with Gasteiger partial charge in [-0.1, -0.05) is 49.9 Å². The van der Waals surface area contributed by atoms with Gasteiger partial charge in [0.05, 0.1) is 0 Å². The molecule has 1 aliphatic carbocycles. The minimum absolute atomic E-state index is 0.753. The molecule has 0 saturated heterocycles. The Kier molecular flexibility index (Phi) is 4.41. The zero-order valence-corrected chi connectivity index (χ0v) is 10.1. The van der Waals surface area contributed by atoms with E-state index in [1.54, 1.807) is 5.56 Å². The van der Waals surface area contributed by atoms with E-state index in [-0.39, 0.29) is 0 Å². The van der Waals surface area contributed by atoms with Crippen molar-refractivity contribution in [2.75, 3.05) is 6.54 Å². The predicted molar refractivity (Wildman–Crippen MR) is 69.6 cm³/mol. The molecule has 88 valence electrons. The fraction of sp³-hybridized carbons (Fsp3) is 0.600. The van der Waals surface area contributed by atoms with Gasteiger partial charge in [0.1, 0.15) is 0 Å². The molecular weight excluding hydrogens is 194 g/mol. The lowest BCUT2D eigenvalue weighted by molar-refractivity contribution is 0.592. The lowest BCUT2D eigenvalue weighted by atomic mass is 9.91. The van der Waals surface area contributed by atoms with Crippen molar-refractivity contribution < 1.29 is 0 Å². The van der Waals surface area contributed by atoms with Crippen LogP contribution in [0.1, 0.15) is 55.6 Å². The van der Waals surface area contributed by atoms with E-state index in [4.69, 9.17) is 5.73 Å². The van der Waals surface area contributed by atoms with Crippen molar-refractivity contribution in [3.8, 4) is 0 Å². The van der Waals surface area contributed by atoms with Crippen LogP contribution in [-0.4, -0.2) is 6.54 Å². The van der Waals surface area contributed by atoms with Gasteiger partial charge in [0.25, 0.3) is 0 Å². The molecule has 0 unspecified atom stereocenters. The molecular formula is C15H23N. The van der Waals surface area contributed by atoms with Crippen molar-refractivity contribution in [3.63, 3.8) is 0 Å². The largest absolute Gasteiger partial charge is 0.330 e. The predicted octanol–water partition coefficient (Wildman–Crippen LogP) is 3.63. The first-order valence-electron chi connectivity index (χ1n) is 6.69. The molecule has 2 N–H and O–H groups in total. The Morgan fingerprint density at radius 1 is 0.938 bits per heavy atom. The van der Waals surface area contributed by atoms with Crippen LogP contribution in [0.25, 0.3) is 0 Å². The summed E-state index contributed by atoms with van der Waals surface area (Å²) in [6.45, 7) is 0.753. The fourth-order valence-corrected chi connectivity index (χ4v) is 2.74. The summed E-state index contributed by atoms with van der Waals surface area (Å²) in [4.78, 5) is 0. The molecule has 0 bridgehead atoms. The second-order valence-electron chi connectivity index (χ2n) is 4.97. The van der Waals surface area contributed by atoms with Crippen LogP contribution in [0, 0.1) is 0 Å². The van der Waals surface area contributed by atoms with Gasteiger partial charge in [0.2, 0.25) is 0 Å². The van der Waals surface area contributed by atoms with E-state index in [0.717, 1.165) is 18.9 Å². The molecule has 1 saturated carbocycles. The summed E-state index contributed by atoms with van der Waals surface area (Å²) >= 11 is 0. The van der Waals surface area contributed by atoms with Crippen LogP contribution < -0.4 is 5.73 Å². The number of hydrogen-bond donors (Lipinski definition) is 1. The highest BCUT2D eigenvalue weighted by molar-refractivity contribution is 5.25. The summed E-state index contributed by atoms with van der Waals surface area (Å²) in [6.07, 6.45) is 9.46. The van der Waals surface area contributed by atoms with Gasteiger partial charge in [-0.2, -0.15) is 0 Å². The molecule has 0 atom stereocenters. The quantitative estimate of drug-likeness (QED) is 0.769. The maximum atomic E-state index is 5.56. The minimum atomic E-state index is 0.753. The first-order chi connectivity index (χ1) is 7.90. The maximum absolute atomic E-state index is 5.56. The molecule has 0 radical (unpaired) electrons. The molecule has 2 rings (SSSR count). The molecule has 0 aliphatic heterocycles. The zero-order valence-electron chi connectivity index (χ0n) is 10.1. The average molecular weight is 217 g/mol. The van der Waals surface area contributed by atoms with Crippen molar-refractivity contribution >= 4 is 0 Å². The van der Waals surface area contributed by atoms with Crippen LogP contribution in [0.3, 0.4) is 0 Å². The van der Waals surface area contributed by atoms with E-state index < -0.39 is 0 Å². The Morgan fingerprint density at radius 3 is 2.12 bits per heavy atom. The molecule has 0 amide bonds. The summed E-state index contributed by atoms with van der Waals surface area (Å²) < 4.78 is 0.